The normalized spacial score (nSPS) is 25.9. The van der Waals surface area contributed by atoms with Crippen LogP contribution < -0.4 is 10.5 Å². The number of nitrogens with zero attached hydrogens (tertiary/aromatic N) is 1. The van der Waals surface area contributed by atoms with E-state index in [1.807, 2.05) is 11.9 Å². The molecule has 1 saturated heterocycles. The highest BCUT2D eigenvalue weighted by molar-refractivity contribution is 5.52. The second-order valence-electron chi connectivity index (χ2n) is 4.13. The third-order valence-corrected chi connectivity index (χ3v) is 2.67. The summed E-state index contributed by atoms with van der Waals surface area (Å²) in [6.07, 6.45) is -0.915. The number of hydrogen-bond donors (Lipinski definition) is 2. The summed E-state index contributed by atoms with van der Waals surface area (Å²) < 4.78 is 18.5. The number of rotatable bonds is 2. The van der Waals surface area contributed by atoms with Gasteiger partial charge in [0.2, 0.25) is 0 Å². The van der Waals surface area contributed by atoms with Gasteiger partial charge in [-0.3, -0.25) is 4.90 Å². The van der Waals surface area contributed by atoms with Crippen molar-refractivity contribution in [1.82, 2.24) is 4.90 Å². The number of likely N-dealkylation sites (tertiary alicyclic amines) is 1. The van der Waals surface area contributed by atoms with Crippen LogP contribution in [0.15, 0.2) is 18.2 Å². The summed E-state index contributed by atoms with van der Waals surface area (Å²) in [6.45, 7) is 1.16. The lowest BCUT2D eigenvalue weighted by Crippen LogP contribution is -2.30. The number of aliphatic hydroxyl groups excluding tert-OH is 1. The van der Waals surface area contributed by atoms with Crippen LogP contribution in [0.1, 0.15) is 0 Å². The van der Waals surface area contributed by atoms with Gasteiger partial charge >= 0.3 is 0 Å². The van der Waals surface area contributed by atoms with Crippen molar-refractivity contribution in [2.45, 2.75) is 12.2 Å². The van der Waals surface area contributed by atoms with E-state index in [4.69, 9.17) is 10.5 Å². The van der Waals surface area contributed by atoms with Crippen molar-refractivity contribution in [2.24, 2.45) is 0 Å². The van der Waals surface area contributed by atoms with Crippen LogP contribution in [-0.4, -0.2) is 42.4 Å². The van der Waals surface area contributed by atoms with Gasteiger partial charge in [-0.25, -0.2) is 4.39 Å². The molecule has 4 nitrogen and oxygen atoms in total. The summed E-state index contributed by atoms with van der Waals surface area (Å²) >= 11 is 0. The topological polar surface area (TPSA) is 58.7 Å². The molecule has 1 aromatic rings. The minimum atomic E-state index is -0.562. The minimum Gasteiger partial charge on any atom is -0.484 e. The van der Waals surface area contributed by atoms with Gasteiger partial charge in [0.15, 0.2) is 0 Å². The SMILES string of the molecule is CN1CC(O)C(Oc2cc(F)ccc2N)C1. The summed E-state index contributed by atoms with van der Waals surface area (Å²) in [6, 6.07) is 3.97. The van der Waals surface area contributed by atoms with Gasteiger partial charge in [0.25, 0.3) is 0 Å². The van der Waals surface area contributed by atoms with Crippen molar-refractivity contribution < 1.29 is 14.2 Å². The fourth-order valence-corrected chi connectivity index (χ4v) is 1.83. The first-order valence-electron chi connectivity index (χ1n) is 5.14. The molecule has 0 spiro atoms. The third-order valence-electron chi connectivity index (χ3n) is 2.67. The number of nitrogens with two attached hydrogens (primary N) is 1. The maximum atomic E-state index is 13.0. The van der Waals surface area contributed by atoms with Crippen LogP contribution in [0.2, 0.25) is 0 Å². The molecule has 1 fully saturated rings. The molecule has 16 heavy (non-hydrogen) atoms. The average molecular weight is 226 g/mol. The quantitative estimate of drug-likeness (QED) is 0.719. The lowest BCUT2D eigenvalue weighted by atomic mass is 10.2. The average Bonchev–Trinajstić information content (AvgIpc) is 2.51. The monoisotopic (exact) mass is 226 g/mol. The van der Waals surface area contributed by atoms with Gasteiger partial charge in [0.1, 0.15) is 23.8 Å². The minimum absolute atomic E-state index is 0.291. The first kappa shape index (κ1) is 11.2. The van der Waals surface area contributed by atoms with Crippen LogP contribution >= 0.6 is 0 Å². The number of likely N-dealkylation sites (N-methyl/N-ethyl adjacent to an activating group) is 1. The number of hydrogen-bond acceptors (Lipinski definition) is 4. The van der Waals surface area contributed by atoms with E-state index in [0.29, 0.717) is 24.5 Å². The van der Waals surface area contributed by atoms with E-state index in [1.54, 1.807) is 0 Å². The predicted molar refractivity (Wildman–Crippen MR) is 58.7 cm³/mol. The highest BCUT2D eigenvalue weighted by atomic mass is 19.1. The molecular formula is C11H15FN2O2. The number of β-amino-alcohol motifs (C(OH)–C–C–N with tert-alkyl or cyclic N) is 1. The van der Waals surface area contributed by atoms with E-state index in [0.717, 1.165) is 0 Å². The summed E-state index contributed by atoms with van der Waals surface area (Å²) in [5, 5.41) is 9.68. The van der Waals surface area contributed by atoms with E-state index in [2.05, 4.69) is 0 Å². The molecule has 0 amide bonds. The van der Waals surface area contributed by atoms with Crippen LogP contribution in [0.5, 0.6) is 5.75 Å². The predicted octanol–water partition coefficient (Wildman–Crippen LogP) is 0.462. The molecular weight excluding hydrogens is 211 g/mol. The van der Waals surface area contributed by atoms with Gasteiger partial charge < -0.3 is 15.6 Å². The van der Waals surface area contributed by atoms with Gasteiger partial charge in [-0.2, -0.15) is 0 Å². The van der Waals surface area contributed by atoms with Crippen molar-refractivity contribution in [3.8, 4) is 5.75 Å². The Balaban J connectivity index is 2.11. The summed E-state index contributed by atoms with van der Waals surface area (Å²) in [5.74, 6) is -0.107. The maximum absolute atomic E-state index is 13.0. The smallest absolute Gasteiger partial charge is 0.145 e. The molecule has 0 bridgehead atoms. The summed E-state index contributed by atoms with van der Waals surface area (Å²) in [4.78, 5) is 1.95. The summed E-state index contributed by atoms with van der Waals surface area (Å²) in [7, 11) is 1.89. The zero-order valence-electron chi connectivity index (χ0n) is 9.06. The molecule has 1 aliphatic rings. The fraction of sp³-hybridized carbons (Fsp3) is 0.455. The molecule has 1 heterocycles. The highest BCUT2D eigenvalue weighted by Crippen LogP contribution is 2.25. The molecule has 1 aliphatic heterocycles. The molecule has 0 aliphatic carbocycles. The van der Waals surface area contributed by atoms with Crippen LogP contribution in [0.3, 0.4) is 0 Å². The van der Waals surface area contributed by atoms with Crippen LogP contribution in [0, 0.1) is 5.82 Å². The molecule has 0 aromatic heterocycles. The number of anilines is 1. The second-order valence-corrected chi connectivity index (χ2v) is 4.13. The zero-order chi connectivity index (χ0) is 11.7. The van der Waals surface area contributed by atoms with Gasteiger partial charge in [-0.1, -0.05) is 0 Å². The highest BCUT2D eigenvalue weighted by Gasteiger charge is 2.31. The van der Waals surface area contributed by atoms with E-state index >= 15 is 0 Å². The fourth-order valence-electron chi connectivity index (χ4n) is 1.83. The Kier molecular flexibility index (Phi) is 2.98. The number of benzene rings is 1. The Morgan fingerprint density at radius 2 is 2.25 bits per heavy atom. The largest absolute Gasteiger partial charge is 0.484 e. The number of halogens is 1. The molecule has 1 aromatic carbocycles. The Hall–Kier alpha value is -1.33. The first-order valence-corrected chi connectivity index (χ1v) is 5.14. The molecule has 0 radical (unpaired) electrons. The summed E-state index contributed by atoms with van der Waals surface area (Å²) in [5.41, 5.74) is 6.04. The van der Waals surface area contributed by atoms with Crippen LogP contribution in [-0.2, 0) is 0 Å². The Labute approximate surface area is 93.4 Å². The van der Waals surface area contributed by atoms with Crippen molar-refractivity contribution in [1.29, 1.82) is 0 Å². The van der Waals surface area contributed by atoms with Crippen molar-refractivity contribution in [3.63, 3.8) is 0 Å². The van der Waals surface area contributed by atoms with Crippen molar-refractivity contribution >= 4 is 5.69 Å². The first-order chi connectivity index (χ1) is 7.56. The zero-order valence-corrected chi connectivity index (χ0v) is 9.06. The van der Waals surface area contributed by atoms with E-state index in [9.17, 15) is 9.50 Å². The van der Waals surface area contributed by atoms with E-state index < -0.39 is 11.9 Å². The molecule has 0 saturated carbocycles. The van der Waals surface area contributed by atoms with Crippen LogP contribution in [0.25, 0.3) is 0 Å². The van der Waals surface area contributed by atoms with E-state index in [-0.39, 0.29) is 6.10 Å². The Morgan fingerprint density at radius 3 is 2.88 bits per heavy atom. The molecule has 2 atom stereocenters. The van der Waals surface area contributed by atoms with Gasteiger partial charge in [0, 0.05) is 19.2 Å². The Bertz CT molecular complexity index is 386. The van der Waals surface area contributed by atoms with Crippen molar-refractivity contribution in [2.75, 3.05) is 25.9 Å². The van der Waals surface area contributed by atoms with Gasteiger partial charge in [-0.15, -0.1) is 0 Å². The maximum Gasteiger partial charge on any atom is 0.145 e. The lowest BCUT2D eigenvalue weighted by Gasteiger charge is -2.17. The van der Waals surface area contributed by atoms with Crippen molar-refractivity contribution in [3.05, 3.63) is 24.0 Å². The molecule has 88 valence electrons. The number of ether oxygens (including phenoxy) is 1. The molecule has 3 N–H and O–H groups in total. The lowest BCUT2D eigenvalue weighted by molar-refractivity contribution is 0.0740. The Morgan fingerprint density at radius 1 is 1.50 bits per heavy atom. The van der Waals surface area contributed by atoms with Gasteiger partial charge in [0.05, 0.1) is 5.69 Å². The van der Waals surface area contributed by atoms with E-state index in [1.165, 1.54) is 18.2 Å². The van der Waals surface area contributed by atoms with Crippen LogP contribution in [0.4, 0.5) is 10.1 Å². The molecule has 2 rings (SSSR count). The third kappa shape index (κ3) is 2.25. The standard InChI is InChI=1S/C11H15FN2O2/c1-14-5-9(15)11(6-14)16-10-4-7(12)2-3-8(10)13/h2-4,9,11,15H,5-6,13H2,1H3. The molecule has 2 unspecified atom stereocenters. The molecule has 5 heteroatoms. The number of nitrogen functional groups attached to an aromatic ring is 1. The van der Waals surface area contributed by atoms with Gasteiger partial charge in [-0.05, 0) is 19.2 Å². The second kappa shape index (κ2) is 4.27. The number of aliphatic hydroxyl groups is 1.